The number of rotatable bonds is 4. The Labute approximate surface area is 149 Å². The topological polar surface area (TPSA) is 44.1 Å². The maximum absolute atomic E-state index is 12.1. The fourth-order valence-corrected chi connectivity index (χ4v) is 3.75. The van der Waals surface area contributed by atoms with E-state index in [0.717, 1.165) is 27.2 Å². The number of aromatic nitrogens is 2. The van der Waals surface area contributed by atoms with Crippen molar-refractivity contribution in [3.05, 3.63) is 77.4 Å². The molecule has 2 heterocycles. The molecule has 0 aliphatic rings. The molecule has 0 amide bonds. The van der Waals surface area contributed by atoms with Crippen LogP contribution in [0.3, 0.4) is 0 Å². The molecule has 0 atom stereocenters. The quantitative estimate of drug-likeness (QED) is 0.506. The molecule has 4 nitrogen and oxygen atoms in total. The van der Waals surface area contributed by atoms with Gasteiger partial charge in [0.05, 0.1) is 30.4 Å². The highest BCUT2D eigenvalue weighted by Gasteiger charge is 2.14. The van der Waals surface area contributed by atoms with Gasteiger partial charge in [0.2, 0.25) is 0 Å². The lowest BCUT2D eigenvalue weighted by atomic mass is 10.1. The fraction of sp³-hybridized carbons (Fsp3) is 0.100. The van der Waals surface area contributed by atoms with E-state index < -0.39 is 0 Å². The molecule has 25 heavy (non-hydrogen) atoms. The number of benzene rings is 2. The summed E-state index contributed by atoms with van der Waals surface area (Å²) < 4.78 is 6.96. The van der Waals surface area contributed by atoms with Gasteiger partial charge < -0.3 is 9.30 Å². The number of methoxy groups -OCH3 is 1. The molecular formula is C20H16N2O2S. The first-order chi connectivity index (χ1) is 12.3. The summed E-state index contributed by atoms with van der Waals surface area (Å²) >= 11 is 1.63. The van der Waals surface area contributed by atoms with E-state index in [9.17, 15) is 4.79 Å². The molecule has 0 aliphatic heterocycles. The number of thiazole rings is 1. The Morgan fingerprint density at radius 1 is 1.12 bits per heavy atom. The van der Waals surface area contributed by atoms with Crippen LogP contribution in [-0.4, -0.2) is 22.6 Å². The van der Waals surface area contributed by atoms with E-state index in [4.69, 9.17) is 9.72 Å². The number of esters is 1. The van der Waals surface area contributed by atoms with E-state index in [1.807, 2.05) is 47.2 Å². The lowest BCUT2D eigenvalue weighted by molar-refractivity contribution is 0.0602. The molecule has 0 fully saturated rings. The zero-order valence-electron chi connectivity index (χ0n) is 13.7. The standard InChI is InChI=1S/C20H16N2O2S/c1-24-20(23)17-9-5-8-14-10-11-22(18(14)17)12-16-13-25-19(21-16)15-6-3-2-4-7-15/h2-11,13H,12H2,1H3. The predicted octanol–water partition coefficient (Wildman–Crippen LogP) is 4.60. The van der Waals surface area contributed by atoms with Crippen LogP contribution in [-0.2, 0) is 11.3 Å². The number of hydrogen-bond acceptors (Lipinski definition) is 4. The molecule has 4 aromatic rings. The Balaban J connectivity index is 1.70. The van der Waals surface area contributed by atoms with Gasteiger partial charge >= 0.3 is 5.97 Å². The van der Waals surface area contributed by atoms with Crippen LogP contribution in [0.2, 0.25) is 0 Å². The minimum atomic E-state index is -0.325. The van der Waals surface area contributed by atoms with E-state index in [0.29, 0.717) is 12.1 Å². The number of nitrogens with zero attached hydrogens (tertiary/aromatic N) is 2. The average molecular weight is 348 g/mol. The van der Waals surface area contributed by atoms with Gasteiger partial charge in [-0.2, -0.15) is 0 Å². The third-order valence-corrected chi connectivity index (χ3v) is 5.04. The largest absolute Gasteiger partial charge is 0.465 e. The molecule has 0 saturated heterocycles. The molecule has 0 aliphatic carbocycles. The van der Waals surface area contributed by atoms with Gasteiger partial charge in [0, 0.05) is 22.5 Å². The summed E-state index contributed by atoms with van der Waals surface area (Å²) in [6.45, 7) is 0.612. The summed E-state index contributed by atoms with van der Waals surface area (Å²) in [7, 11) is 1.40. The van der Waals surface area contributed by atoms with Crippen molar-refractivity contribution in [2.24, 2.45) is 0 Å². The van der Waals surface area contributed by atoms with Crippen LogP contribution in [0.15, 0.2) is 66.2 Å². The zero-order chi connectivity index (χ0) is 17.2. The fourth-order valence-electron chi connectivity index (χ4n) is 2.94. The normalized spacial score (nSPS) is 10.9. The summed E-state index contributed by atoms with van der Waals surface area (Å²) in [4.78, 5) is 16.8. The Kier molecular flexibility index (Phi) is 4.07. The lowest BCUT2D eigenvalue weighted by Gasteiger charge is -2.07. The van der Waals surface area contributed by atoms with Crippen LogP contribution < -0.4 is 0 Å². The van der Waals surface area contributed by atoms with Crippen molar-refractivity contribution in [3.63, 3.8) is 0 Å². The minimum Gasteiger partial charge on any atom is -0.465 e. The van der Waals surface area contributed by atoms with E-state index in [1.165, 1.54) is 7.11 Å². The number of fused-ring (bicyclic) bond motifs is 1. The molecular weight excluding hydrogens is 332 g/mol. The highest BCUT2D eigenvalue weighted by Crippen LogP contribution is 2.26. The SMILES string of the molecule is COC(=O)c1cccc2ccn(Cc3csc(-c4ccccc4)n3)c12. The van der Waals surface area contributed by atoms with Crippen molar-refractivity contribution in [1.29, 1.82) is 0 Å². The van der Waals surface area contributed by atoms with Gasteiger partial charge in [-0.05, 0) is 12.1 Å². The average Bonchev–Trinajstić information content (AvgIpc) is 3.29. The van der Waals surface area contributed by atoms with Crippen molar-refractivity contribution < 1.29 is 9.53 Å². The second kappa shape index (κ2) is 6.53. The molecule has 0 bridgehead atoms. The first-order valence-corrected chi connectivity index (χ1v) is 8.80. The third kappa shape index (κ3) is 2.94. The van der Waals surface area contributed by atoms with E-state index in [2.05, 4.69) is 17.5 Å². The van der Waals surface area contributed by atoms with Crippen molar-refractivity contribution in [2.45, 2.75) is 6.54 Å². The van der Waals surface area contributed by atoms with Crippen molar-refractivity contribution >= 4 is 28.2 Å². The molecule has 0 saturated carbocycles. The Morgan fingerprint density at radius 3 is 2.76 bits per heavy atom. The van der Waals surface area contributed by atoms with Crippen LogP contribution in [0.4, 0.5) is 0 Å². The Bertz CT molecular complexity index is 1030. The number of ether oxygens (including phenoxy) is 1. The van der Waals surface area contributed by atoms with Crippen LogP contribution >= 0.6 is 11.3 Å². The molecule has 124 valence electrons. The monoisotopic (exact) mass is 348 g/mol. The predicted molar refractivity (Wildman–Crippen MR) is 99.9 cm³/mol. The van der Waals surface area contributed by atoms with Gasteiger partial charge in [0.15, 0.2) is 0 Å². The van der Waals surface area contributed by atoms with Crippen LogP contribution in [0.25, 0.3) is 21.5 Å². The van der Waals surface area contributed by atoms with Crippen molar-refractivity contribution in [3.8, 4) is 10.6 Å². The highest BCUT2D eigenvalue weighted by molar-refractivity contribution is 7.13. The number of para-hydroxylation sites is 1. The van der Waals surface area contributed by atoms with E-state index in [1.54, 1.807) is 17.4 Å². The van der Waals surface area contributed by atoms with Gasteiger partial charge in [0.25, 0.3) is 0 Å². The second-order valence-corrected chi connectivity index (χ2v) is 6.55. The molecule has 2 aromatic carbocycles. The van der Waals surface area contributed by atoms with Crippen LogP contribution in [0.5, 0.6) is 0 Å². The van der Waals surface area contributed by atoms with Gasteiger partial charge in [-0.15, -0.1) is 11.3 Å². The Morgan fingerprint density at radius 2 is 1.96 bits per heavy atom. The lowest BCUT2D eigenvalue weighted by Crippen LogP contribution is -2.06. The Hall–Kier alpha value is -2.92. The van der Waals surface area contributed by atoms with Crippen LogP contribution in [0, 0.1) is 0 Å². The number of carbonyl (C=O) groups is 1. The van der Waals surface area contributed by atoms with E-state index in [-0.39, 0.29) is 5.97 Å². The molecule has 0 radical (unpaired) electrons. The summed E-state index contributed by atoms with van der Waals surface area (Å²) in [6.07, 6.45) is 1.98. The summed E-state index contributed by atoms with van der Waals surface area (Å²) in [6, 6.07) is 17.8. The van der Waals surface area contributed by atoms with Crippen LogP contribution in [0.1, 0.15) is 16.1 Å². The van der Waals surface area contributed by atoms with Crippen molar-refractivity contribution in [2.75, 3.05) is 7.11 Å². The molecule has 2 aromatic heterocycles. The highest BCUT2D eigenvalue weighted by atomic mass is 32.1. The van der Waals surface area contributed by atoms with Gasteiger partial charge in [-0.3, -0.25) is 0 Å². The third-order valence-electron chi connectivity index (χ3n) is 4.10. The maximum Gasteiger partial charge on any atom is 0.340 e. The minimum absolute atomic E-state index is 0.325. The molecule has 0 N–H and O–H groups in total. The summed E-state index contributed by atoms with van der Waals surface area (Å²) in [5.41, 5.74) is 3.54. The zero-order valence-corrected chi connectivity index (χ0v) is 14.5. The molecule has 0 unspecified atom stereocenters. The number of carbonyl (C=O) groups excluding carboxylic acids is 1. The maximum atomic E-state index is 12.1. The van der Waals surface area contributed by atoms with Gasteiger partial charge in [-0.1, -0.05) is 42.5 Å². The summed E-state index contributed by atoms with van der Waals surface area (Å²) in [5, 5.41) is 4.08. The second-order valence-electron chi connectivity index (χ2n) is 5.69. The smallest absolute Gasteiger partial charge is 0.340 e. The molecule has 5 heteroatoms. The number of hydrogen-bond donors (Lipinski definition) is 0. The first-order valence-electron chi connectivity index (χ1n) is 7.92. The molecule has 4 rings (SSSR count). The van der Waals surface area contributed by atoms with Gasteiger partial charge in [0.1, 0.15) is 5.01 Å². The first kappa shape index (κ1) is 15.6. The van der Waals surface area contributed by atoms with E-state index >= 15 is 0 Å². The van der Waals surface area contributed by atoms with Crippen molar-refractivity contribution in [1.82, 2.24) is 9.55 Å². The van der Waals surface area contributed by atoms with Gasteiger partial charge in [-0.25, -0.2) is 9.78 Å². The summed E-state index contributed by atoms with van der Waals surface area (Å²) in [5.74, 6) is -0.325. The molecule has 0 spiro atoms.